The highest BCUT2D eigenvalue weighted by Crippen LogP contribution is 2.31. The predicted molar refractivity (Wildman–Crippen MR) is 99.3 cm³/mol. The minimum atomic E-state index is -3.66. The van der Waals surface area contributed by atoms with Crippen molar-refractivity contribution in [2.45, 2.75) is 38.1 Å². The monoisotopic (exact) mass is 388 g/mol. The molecule has 7 nitrogen and oxygen atoms in total. The fourth-order valence-electron chi connectivity index (χ4n) is 3.65. The Bertz CT molecular complexity index is 733. The number of carbonyl (C=O) groups is 1. The number of amides is 1. The van der Waals surface area contributed by atoms with Crippen LogP contribution in [0.3, 0.4) is 0 Å². The van der Waals surface area contributed by atoms with Crippen molar-refractivity contribution in [2.75, 3.05) is 18.8 Å². The maximum Gasteiger partial charge on any atom is 0.276 e. The van der Waals surface area contributed by atoms with E-state index in [1.807, 2.05) is 18.2 Å². The quantitative estimate of drug-likeness (QED) is 0.671. The molecule has 5 N–H and O–H groups in total. The summed E-state index contributed by atoms with van der Waals surface area (Å²) in [6, 6.07) is 5.86. The van der Waals surface area contributed by atoms with Crippen LogP contribution in [0.4, 0.5) is 5.69 Å². The van der Waals surface area contributed by atoms with Crippen LogP contribution in [0.5, 0.6) is 0 Å². The molecule has 1 saturated heterocycles. The maximum atomic E-state index is 12.6. The van der Waals surface area contributed by atoms with Crippen LogP contribution in [-0.4, -0.2) is 31.7 Å². The van der Waals surface area contributed by atoms with Gasteiger partial charge in [0, 0.05) is 24.7 Å². The molecule has 140 valence electrons. The van der Waals surface area contributed by atoms with E-state index in [4.69, 9.17) is 10.9 Å². The van der Waals surface area contributed by atoms with E-state index in [1.54, 1.807) is 0 Å². The highest BCUT2D eigenvalue weighted by atomic mass is 35.5. The second-order valence-electron chi connectivity index (χ2n) is 6.63. The van der Waals surface area contributed by atoms with Gasteiger partial charge in [-0.3, -0.25) is 4.79 Å². The van der Waals surface area contributed by atoms with Crippen LogP contribution >= 0.6 is 12.4 Å². The molecule has 9 heteroatoms. The molecule has 1 aliphatic heterocycles. The molecule has 1 aliphatic carbocycles. The molecule has 1 unspecified atom stereocenters. The van der Waals surface area contributed by atoms with E-state index < -0.39 is 10.2 Å². The van der Waals surface area contributed by atoms with Crippen LogP contribution in [0, 0.1) is 5.92 Å². The molecule has 1 aromatic rings. The zero-order valence-electron chi connectivity index (χ0n) is 14.0. The normalized spacial score (nSPS) is 21.9. The molecule has 1 amide bonds. The van der Waals surface area contributed by atoms with Gasteiger partial charge < -0.3 is 11.1 Å². The van der Waals surface area contributed by atoms with Gasteiger partial charge in [0.15, 0.2) is 0 Å². The summed E-state index contributed by atoms with van der Waals surface area (Å²) >= 11 is 0. The highest BCUT2D eigenvalue weighted by molar-refractivity contribution is 7.86. The Balaban J connectivity index is 0.00000225. The molecule has 1 atom stereocenters. The first-order valence-electron chi connectivity index (χ1n) is 8.31. The minimum Gasteiger partial charge on any atom is -0.399 e. The van der Waals surface area contributed by atoms with E-state index in [0.717, 1.165) is 30.5 Å². The summed E-state index contributed by atoms with van der Waals surface area (Å²) in [5, 5.41) is 8.27. The number of piperidine rings is 1. The average molecular weight is 389 g/mol. The molecule has 3 rings (SSSR count). The molecule has 1 fully saturated rings. The number of aryl methyl sites for hydroxylation is 1. The van der Waals surface area contributed by atoms with Crippen LogP contribution < -0.4 is 16.2 Å². The Hall–Kier alpha value is -1.35. The number of nitrogens with zero attached hydrogens (tertiary/aromatic N) is 1. The van der Waals surface area contributed by atoms with Crippen molar-refractivity contribution in [3.05, 3.63) is 29.3 Å². The van der Waals surface area contributed by atoms with E-state index >= 15 is 0 Å². The molecule has 0 spiro atoms. The number of nitrogens with two attached hydrogens (primary N) is 2. The number of fused-ring (bicyclic) bond motifs is 1. The van der Waals surface area contributed by atoms with Crippen LogP contribution in [-0.2, 0) is 21.4 Å². The van der Waals surface area contributed by atoms with Gasteiger partial charge in [0.1, 0.15) is 0 Å². The zero-order valence-corrected chi connectivity index (χ0v) is 15.6. The lowest BCUT2D eigenvalue weighted by Crippen LogP contribution is -2.46. The maximum absolute atomic E-state index is 12.6. The first-order chi connectivity index (χ1) is 11.3. The molecular formula is C16H25ClN4O3S. The first-order valence-corrected chi connectivity index (χ1v) is 9.81. The van der Waals surface area contributed by atoms with Gasteiger partial charge in [-0.15, -0.1) is 12.4 Å². The van der Waals surface area contributed by atoms with Gasteiger partial charge in [-0.2, -0.15) is 12.7 Å². The standard InChI is InChI=1S/C16H24N4O3S.ClH/c17-13-4-5-14-12(10-13)2-1-3-15(14)19-16(21)11-6-8-20(9-7-11)24(18,22)23;/h4-5,10-11,15H,1-3,6-9,17H2,(H,19,21)(H2,18,22,23);1H. The summed E-state index contributed by atoms with van der Waals surface area (Å²) in [4.78, 5) is 12.6. The van der Waals surface area contributed by atoms with Gasteiger partial charge in [-0.1, -0.05) is 6.07 Å². The van der Waals surface area contributed by atoms with Gasteiger partial charge in [0.05, 0.1) is 6.04 Å². The summed E-state index contributed by atoms with van der Waals surface area (Å²) < 4.78 is 23.9. The number of nitrogens with one attached hydrogen (secondary N) is 1. The lowest BCUT2D eigenvalue weighted by atomic mass is 9.86. The van der Waals surface area contributed by atoms with E-state index in [2.05, 4.69) is 5.32 Å². The van der Waals surface area contributed by atoms with E-state index in [0.29, 0.717) is 25.9 Å². The predicted octanol–water partition coefficient (Wildman–Crippen LogP) is 1.10. The number of benzene rings is 1. The lowest BCUT2D eigenvalue weighted by Gasteiger charge is -2.32. The third-order valence-corrected chi connectivity index (χ3v) is 6.07. The molecule has 0 radical (unpaired) electrons. The van der Waals surface area contributed by atoms with Crippen molar-refractivity contribution in [1.82, 2.24) is 9.62 Å². The first kappa shape index (κ1) is 20.0. The zero-order chi connectivity index (χ0) is 17.3. The Morgan fingerprint density at radius 2 is 1.88 bits per heavy atom. The van der Waals surface area contributed by atoms with Crippen molar-refractivity contribution in [3.63, 3.8) is 0 Å². The van der Waals surface area contributed by atoms with Crippen molar-refractivity contribution >= 4 is 34.2 Å². The summed E-state index contributed by atoms with van der Waals surface area (Å²) in [6.07, 6.45) is 3.93. The van der Waals surface area contributed by atoms with Crippen molar-refractivity contribution in [1.29, 1.82) is 0 Å². The Morgan fingerprint density at radius 1 is 1.20 bits per heavy atom. The van der Waals surface area contributed by atoms with Crippen molar-refractivity contribution in [2.24, 2.45) is 11.1 Å². The van der Waals surface area contributed by atoms with Crippen molar-refractivity contribution < 1.29 is 13.2 Å². The number of rotatable bonds is 3. The minimum absolute atomic E-state index is 0. The van der Waals surface area contributed by atoms with Gasteiger partial charge >= 0.3 is 0 Å². The molecule has 0 aromatic heterocycles. The van der Waals surface area contributed by atoms with Gasteiger partial charge in [-0.25, -0.2) is 5.14 Å². The summed E-state index contributed by atoms with van der Waals surface area (Å²) in [6.45, 7) is 0.601. The molecule has 1 aromatic carbocycles. The summed E-state index contributed by atoms with van der Waals surface area (Å²) in [5.74, 6) is -0.166. The molecule has 0 saturated carbocycles. The highest BCUT2D eigenvalue weighted by Gasteiger charge is 2.31. The van der Waals surface area contributed by atoms with Crippen LogP contribution in [0.1, 0.15) is 42.9 Å². The fraction of sp³-hybridized carbons (Fsp3) is 0.562. The Kier molecular flexibility index (Phi) is 6.31. The summed E-state index contributed by atoms with van der Waals surface area (Å²) in [7, 11) is -3.66. The Labute approximate surface area is 154 Å². The number of anilines is 1. The molecule has 0 bridgehead atoms. The van der Waals surface area contributed by atoms with Crippen molar-refractivity contribution in [3.8, 4) is 0 Å². The number of halogens is 1. The number of nitrogen functional groups attached to an aromatic ring is 1. The summed E-state index contributed by atoms with van der Waals surface area (Å²) in [5.41, 5.74) is 8.94. The molecular weight excluding hydrogens is 364 g/mol. The topological polar surface area (TPSA) is 119 Å². The smallest absolute Gasteiger partial charge is 0.276 e. The number of carbonyl (C=O) groups excluding carboxylic acids is 1. The van der Waals surface area contributed by atoms with E-state index in [1.165, 1.54) is 9.87 Å². The van der Waals surface area contributed by atoms with E-state index in [9.17, 15) is 13.2 Å². The Morgan fingerprint density at radius 3 is 2.52 bits per heavy atom. The van der Waals surface area contributed by atoms with Crippen LogP contribution in [0.25, 0.3) is 0 Å². The van der Waals surface area contributed by atoms with E-state index in [-0.39, 0.29) is 30.3 Å². The number of hydrogen-bond acceptors (Lipinski definition) is 4. The van der Waals surface area contributed by atoms with Gasteiger partial charge in [-0.05, 0) is 55.4 Å². The van der Waals surface area contributed by atoms with Crippen LogP contribution in [0.15, 0.2) is 18.2 Å². The average Bonchev–Trinajstić information content (AvgIpc) is 2.54. The third-order valence-electron chi connectivity index (χ3n) is 4.98. The molecule has 25 heavy (non-hydrogen) atoms. The van der Waals surface area contributed by atoms with Gasteiger partial charge in [0.25, 0.3) is 10.2 Å². The molecule has 1 heterocycles. The second-order valence-corrected chi connectivity index (χ2v) is 8.18. The lowest BCUT2D eigenvalue weighted by molar-refractivity contribution is -0.127. The fourth-order valence-corrected chi connectivity index (χ4v) is 4.37. The molecule has 2 aliphatic rings. The SMILES string of the molecule is Cl.Nc1ccc2c(c1)CCCC2NC(=O)C1CCN(S(N)(=O)=O)CC1. The second kappa shape index (κ2) is 7.90. The van der Waals surface area contributed by atoms with Crippen LogP contribution in [0.2, 0.25) is 0 Å². The van der Waals surface area contributed by atoms with Gasteiger partial charge in [0.2, 0.25) is 5.91 Å². The third kappa shape index (κ3) is 4.63. The largest absolute Gasteiger partial charge is 0.399 e. The number of hydrogen-bond donors (Lipinski definition) is 3.